The molecule has 26 heavy (non-hydrogen) atoms. The normalized spacial score (nSPS) is 12.9. The van der Waals surface area contributed by atoms with Crippen LogP contribution in [-0.4, -0.2) is 49.6 Å². The van der Waals surface area contributed by atoms with Crippen molar-refractivity contribution >= 4 is 17.5 Å². The molecule has 0 unspecified atom stereocenters. The monoisotopic (exact) mass is 374 g/mol. The van der Waals surface area contributed by atoms with Crippen LogP contribution in [0.3, 0.4) is 0 Å². The number of fused-ring (bicyclic) bond motifs is 1. The van der Waals surface area contributed by atoms with Gasteiger partial charge >= 0.3 is 0 Å². The number of carbonyl (C=O) groups excluding carboxylic acids is 1. The summed E-state index contributed by atoms with van der Waals surface area (Å²) in [4.78, 5) is 16.2. The van der Waals surface area contributed by atoms with Gasteiger partial charge in [0.05, 0.1) is 6.54 Å². The van der Waals surface area contributed by atoms with Crippen LogP contribution < -0.4 is 9.47 Å². The van der Waals surface area contributed by atoms with Gasteiger partial charge in [-0.1, -0.05) is 29.8 Å². The molecular formula is C20H23ClN2O3. The summed E-state index contributed by atoms with van der Waals surface area (Å²) in [5, 5.41) is 0.680. The fraction of sp³-hybridized carbons (Fsp3) is 0.350. The van der Waals surface area contributed by atoms with Crippen molar-refractivity contribution in [3.05, 3.63) is 58.6 Å². The third-order valence-electron chi connectivity index (χ3n) is 4.20. The number of likely N-dealkylation sites (N-methyl/N-ethyl adjacent to an activating group) is 2. The number of rotatable bonds is 6. The highest BCUT2D eigenvalue weighted by molar-refractivity contribution is 6.30. The molecule has 0 saturated heterocycles. The molecule has 2 aromatic carbocycles. The van der Waals surface area contributed by atoms with E-state index in [1.165, 1.54) is 0 Å². The zero-order valence-electron chi connectivity index (χ0n) is 15.1. The second-order valence-electron chi connectivity index (χ2n) is 6.53. The summed E-state index contributed by atoms with van der Waals surface area (Å²) in [7, 11) is 3.74. The van der Waals surface area contributed by atoms with Crippen LogP contribution in [0.1, 0.15) is 11.1 Å². The lowest BCUT2D eigenvalue weighted by Crippen LogP contribution is -2.36. The van der Waals surface area contributed by atoms with Crippen molar-refractivity contribution in [3.63, 3.8) is 0 Å². The summed E-state index contributed by atoms with van der Waals surface area (Å²) in [5.41, 5.74) is 2.10. The molecule has 1 aliphatic heterocycles. The molecule has 1 heterocycles. The van der Waals surface area contributed by atoms with E-state index in [2.05, 4.69) is 0 Å². The Balaban J connectivity index is 1.53. The molecule has 1 aliphatic rings. The summed E-state index contributed by atoms with van der Waals surface area (Å²) >= 11 is 6.00. The van der Waals surface area contributed by atoms with Crippen molar-refractivity contribution in [1.82, 2.24) is 9.80 Å². The predicted octanol–water partition coefficient (Wildman–Crippen LogP) is 3.20. The molecular weight excluding hydrogens is 352 g/mol. The van der Waals surface area contributed by atoms with E-state index in [0.717, 1.165) is 22.6 Å². The van der Waals surface area contributed by atoms with Crippen LogP contribution in [0.25, 0.3) is 0 Å². The van der Waals surface area contributed by atoms with E-state index >= 15 is 0 Å². The van der Waals surface area contributed by atoms with Gasteiger partial charge in [0.1, 0.15) is 13.2 Å². The zero-order chi connectivity index (χ0) is 18.5. The first-order valence-corrected chi connectivity index (χ1v) is 8.94. The molecule has 1 amide bonds. The van der Waals surface area contributed by atoms with Gasteiger partial charge in [-0.2, -0.15) is 0 Å². The van der Waals surface area contributed by atoms with Crippen molar-refractivity contribution in [2.24, 2.45) is 0 Å². The highest BCUT2D eigenvalue weighted by atomic mass is 35.5. The van der Waals surface area contributed by atoms with E-state index in [0.29, 0.717) is 37.9 Å². The quantitative estimate of drug-likeness (QED) is 0.778. The highest BCUT2D eigenvalue weighted by Gasteiger charge is 2.15. The van der Waals surface area contributed by atoms with Crippen LogP contribution in [0.2, 0.25) is 5.02 Å². The molecule has 0 radical (unpaired) electrons. The van der Waals surface area contributed by atoms with Gasteiger partial charge in [-0.3, -0.25) is 9.69 Å². The standard InChI is InChI=1S/C20H23ClN2O3/c1-22(12-16-6-7-18-19(11-16)26-9-8-25-18)14-20(24)23(2)13-15-4-3-5-17(21)10-15/h3-7,10-11H,8-9,12-14H2,1-2H3. The van der Waals surface area contributed by atoms with Crippen LogP contribution in [0.5, 0.6) is 11.5 Å². The Morgan fingerprint density at radius 1 is 1.00 bits per heavy atom. The average Bonchev–Trinajstić information content (AvgIpc) is 2.61. The molecule has 0 spiro atoms. The Bertz CT molecular complexity index is 781. The van der Waals surface area contributed by atoms with E-state index in [-0.39, 0.29) is 5.91 Å². The summed E-state index contributed by atoms with van der Waals surface area (Å²) in [5.74, 6) is 1.61. The lowest BCUT2D eigenvalue weighted by molar-refractivity contribution is -0.131. The number of carbonyl (C=O) groups is 1. The van der Waals surface area contributed by atoms with Crippen molar-refractivity contribution in [1.29, 1.82) is 0 Å². The number of hydrogen-bond acceptors (Lipinski definition) is 4. The molecule has 2 aromatic rings. The highest BCUT2D eigenvalue weighted by Crippen LogP contribution is 2.31. The van der Waals surface area contributed by atoms with Crippen molar-refractivity contribution in [2.75, 3.05) is 33.9 Å². The summed E-state index contributed by atoms with van der Waals surface area (Å²) < 4.78 is 11.1. The van der Waals surface area contributed by atoms with Crippen LogP contribution in [-0.2, 0) is 17.9 Å². The molecule has 0 N–H and O–H groups in total. The second kappa shape index (κ2) is 8.43. The Morgan fingerprint density at radius 2 is 1.73 bits per heavy atom. The molecule has 6 heteroatoms. The molecule has 0 fully saturated rings. The largest absolute Gasteiger partial charge is 0.486 e. The number of hydrogen-bond donors (Lipinski definition) is 0. The minimum absolute atomic E-state index is 0.0602. The van der Waals surface area contributed by atoms with E-state index in [1.807, 2.05) is 54.4 Å². The van der Waals surface area contributed by atoms with Crippen molar-refractivity contribution in [2.45, 2.75) is 13.1 Å². The van der Waals surface area contributed by atoms with E-state index in [9.17, 15) is 4.79 Å². The van der Waals surface area contributed by atoms with Gasteiger partial charge in [0, 0.05) is 25.2 Å². The van der Waals surface area contributed by atoms with Crippen molar-refractivity contribution in [3.8, 4) is 11.5 Å². The Kier molecular flexibility index (Phi) is 6.01. The number of benzene rings is 2. The lowest BCUT2D eigenvalue weighted by Gasteiger charge is -2.23. The lowest BCUT2D eigenvalue weighted by atomic mass is 10.2. The maximum absolute atomic E-state index is 12.5. The SMILES string of the molecule is CN(CC(=O)N(C)Cc1cccc(Cl)c1)Cc1ccc2c(c1)OCCO2. The Hall–Kier alpha value is -2.24. The molecule has 0 atom stereocenters. The van der Waals surface area contributed by atoms with E-state index < -0.39 is 0 Å². The minimum atomic E-state index is 0.0602. The topological polar surface area (TPSA) is 42.0 Å². The number of nitrogens with zero attached hydrogens (tertiary/aromatic N) is 2. The molecule has 0 bridgehead atoms. The Morgan fingerprint density at radius 3 is 2.50 bits per heavy atom. The van der Waals surface area contributed by atoms with Gasteiger partial charge in [-0.05, 0) is 42.4 Å². The summed E-state index contributed by atoms with van der Waals surface area (Å²) in [6.45, 7) is 2.69. The van der Waals surface area contributed by atoms with Gasteiger partial charge in [-0.15, -0.1) is 0 Å². The maximum Gasteiger partial charge on any atom is 0.236 e. The van der Waals surface area contributed by atoms with Crippen LogP contribution >= 0.6 is 11.6 Å². The minimum Gasteiger partial charge on any atom is -0.486 e. The molecule has 138 valence electrons. The molecule has 0 aromatic heterocycles. The van der Waals surface area contributed by atoms with Crippen LogP contribution in [0.15, 0.2) is 42.5 Å². The average molecular weight is 375 g/mol. The number of amides is 1. The fourth-order valence-corrected chi connectivity index (χ4v) is 3.12. The summed E-state index contributed by atoms with van der Waals surface area (Å²) in [6, 6.07) is 13.5. The zero-order valence-corrected chi connectivity index (χ0v) is 15.8. The maximum atomic E-state index is 12.5. The van der Waals surface area contributed by atoms with Gasteiger partial charge in [0.15, 0.2) is 11.5 Å². The smallest absolute Gasteiger partial charge is 0.236 e. The third kappa shape index (κ3) is 4.90. The fourth-order valence-electron chi connectivity index (χ4n) is 2.90. The first-order chi connectivity index (χ1) is 12.5. The summed E-state index contributed by atoms with van der Waals surface area (Å²) in [6.07, 6.45) is 0. The van der Waals surface area contributed by atoms with E-state index in [4.69, 9.17) is 21.1 Å². The molecule has 0 aliphatic carbocycles. The van der Waals surface area contributed by atoms with Gasteiger partial charge in [0.25, 0.3) is 0 Å². The molecule has 0 saturated carbocycles. The Labute approximate surface area is 159 Å². The van der Waals surface area contributed by atoms with Crippen LogP contribution in [0, 0.1) is 0 Å². The van der Waals surface area contributed by atoms with Crippen molar-refractivity contribution < 1.29 is 14.3 Å². The van der Waals surface area contributed by atoms with Gasteiger partial charge in [0.2, 0.25) is 5.91 Å². The molecule has 3 rings (SSSR count). The van der Waals surface area contributed by atoms with Gasteiger partial charge in [-0.25, -0.2) is 0 Å². The first-order valence-electron chi connectivity index (χ1n) is 8.57. The van der Waals surface area contributed by atoms with Gasteiger partial charge < -0.3 is 14.4 Å². The first kappa shape index (κ1) is 18.5. The number of ether oxygens (including phenoxy) is 2. The third-order valence-corrected chi connectivity index (χ3v) is 4.43. The predicted molar refractivity (Wildman–Crippen MR) is 102 cm³/mol. The number of halogens is 1. The van der Waals surface area contributed by atoms with E-state index in [1.54, 1.807) is 11.9 Å². The van der Waals surface area contributed by atoms with Crippen LogP contribution in [0.4, 0.5) is 0 Å². The molecule has 5 nitrogen and oxygen atoms in total. The second-order valence-corrected chi connectivity index (χ2v) is 6.97.